The van der Waals surface area contributed by atoms with Crippen molar-refractivity contribution in [1.29, 1.82) is 0 Å². The molecule has 0 atom stereocenters. The van der Waals surface area contributed by atoms with Gasteiger partial charge in [-0.15, -0.1) is 11.3 Å². The predicted octanol–water partition coefficient (Wildman–Crippen LogP) is 0.641. The summed E-state index contributed by atoms with van der Waals surface area (Å²) in [7, 11) is 0. The normalized spacial score (nSPS) is 9.00. The molecule has 3 nitrogen and oxygen atoms in total. The lowest BCUT2D eigenvalue weighted by Crippen LogP contribution is -1.89. The van der Waals surface area contributed by atoms with Crippen LogP contribution in [0.25, 0.3) is 0 Å². The highest BCUT2D eigenvalue weighted by atomic mass is 32.1. The average Bonchev–Trinajstić information content (AvgIpc) is 2.12. The molecule has 8 heavy (non-hydrogen) atoms. The first kappa shape index (κ1) is 5.24. The van der Waals surface area contributed by atoms with E-state index in [1.807, 2.05) is 0 Å². The van der Waals surface area contributed by atoms with Gasteiger partial charge in [0.15, 0.2) is 5.51 Å². The van der Waals surface area contributed by atoms with Crippen LogP contribution in [0.2, 0.25) is 0 Å². The zero-order valence-electron chi connectivity index (χ0n) is 3.79. The van der Waals surface area contributed by atoms with Crippen LogP contribution in [0.15, 0.2) is 6.20 Å². The molecule has 4 heteroatoms. The van der Waals surface area contributed by atoms with Gasteiger partial charge in [-0.2, -0.15) is 0 Å². The van der Waals surface area contributed by atoms with Crippen LogP contribution in [0, 0.1) is 5.51 Å². The summed E-state index contributed by atoms with van der Waals surface area (Å²) >= 11 is 0.995. The average molecular weight is 128 g/mol. The highest BCUT2D eigenvalue weighted by Crippen LogP contribution is 2.02. The van der Waals surface area contributed by atoms with E-state index in [1.54, 1.807) is 0 Å². The minimum Gasteiger partial charge on any atom is -0.477 e. The van der Waals surface area contributed by atoms with E-state index in [9.17, 15) is 4.79 Å². The number of aromatic carboxylic acids is 1. The zero-order chi connectivity index (χ0) is 5.98. The van der Waals surface area contributed by atoms with Crippen LogP contribution in [0.5, 0.6) is 0 Å². The third kappa shape index (κ3) is 0.840. The molecular weight excluding hydrogens is 126 g/mol. The molecule has 1 aromatic rings. The maximum absolute atomic E-state index is 10.0. The van der Waals surface area contributed by atoms with Gasteiger partial charge in [0.1, 0.15) is 4.88 Å². The molecule has 0 aliphatic heterocycles. The fourth-order valence-corrected chi connectivity index (χ4v) is 0.682. The van der Waals surface area contributed by atoms with E-state index < -0.39 is 5.97 Å². The summed E-state index contributed by atoms with van der Waals surface area (Å²) in [5.41, 5.74) is 2.42. The second-order valence-corrected chi connectivity index (χ2v) is 1.95. The Kier molecular flexibility index (Phi) is 1.26. The quantitative estimate of drug-likeness (QED) is 0.603. The van der Waals surface area contributed by atoms with E-state index in [0.717, 1.165) is 11.3 Å². The number of aromatic nitrogens is 1. The second-order valence-electron chi connectivity index (χ2n) is 1.12. The molecule has 0 aliphatic rings. The molecule has 0 spiro atoms. The molecule has 0 amide bonds. The van der Waals surface area contributed by atoms with Crippen molar-refractivity contribution in [2.45, 2.75) is 0 Å². The molecule has 0 unspecified atom stereocenters. The van der Waals surface area contributed by atoms with Gasteiger partial charge in [-0.05, 0) is 0 Å². The molecule has 0 bridgehead atoms. The maximum atomic E-state index is 10.0. The fourth-order valence-electron chi connectivity index (χ4n) is 0.286. The zero-order valence-corrected chi connectivity index (χ0v) is 4.60. The monoisotopic (exact) mass is 128 g/mol. The summed E-state index contributed by atoms with van der Waals surface area (Å²) in [6, 6.07) is 0. The second kappa shape index (κ2) is 1.92. The Hall–Kier alpha value is -0.900. The molecule has 1 N–H and O–H groups in total. The molecule has 1 radical (unpaired) electrons. The van der Waals surface area contributed by atoms with Crippen molar-refractivity contribution in [3.63, 3.8) is 0 Å². The SMILES string of the molecule is O=C(O)c1cn[c]s1. The van der Waals surface area contributed by atoms with Gasteiger partial charge in [-0.1, -0.05) is 0 Å². The van der Waals surface area contributed by atoms with Crippen LogP contribution in [0.3, 0.4) is 0 Å². The van der Waals surface area contributed by atoms with E-state index in [4.69, 9.17) is 5.11 Å². The number of carbonyl (C=O) groups is 1. The van der Waals surface area contributed by atoms with E-state index in [1.165, 1.54) is 6.20 Å². The van der Waals surface area contributed by atoms with E-state index in [0.29, 0.717) is 0 Å². The lowest BCUT2D eigenvalue weighted by Gasteiger charge is -1.76. The van der Waals surface area contributed by atoms with Gasteiger partial charge in [0, 0.05) is 0 Å². The first-order chi connectivity index (χ1) is 3.80. The van der Waals surface area contributed by atoms with Crippen molar-refractivity contribution < 1.29 is 9.90 Å². The fraction of sp³-hybridized carbons (Fsp3) is 0. The van der Waals surface area contributed by atoms with Crippen molar-refractivity contribution in [3.8, 4) is 0 Å². The number of nitrogens with zero attached hydrogens (tertiary/aromatic N) is 1. The van der Waals surface area contributed by atoms with E-state index in [-0.39, 0.29) is 4.88 Å². The van der Waals surface area contributed by atoms with Crippen LogP contribution in [0.4, 0.5) is 0 Å². The first-order valence-corrected chi connectivity index (χ1v) is 2.67. The highest BCUT2D eigenvalue weighted by molar-refractivity contribution is 7.11. The third-order valence-corrected chi connectivity index (χ3v) is 1.30. The van der Waals surface area contributed by atoms with Crippen LogP contribution >= 0.6 is 11.3 Å². The first-order valence-electron chi connectivity index (χ1n) is 1.86. The van der Waals surface area contributed by atoms with Gasteiger partial charge in [-0.3, -0.25) is 0 Å². The minimum absolute atomic E-state index is 0.227. The number of hydrogen-bond acceptors (Lipinski definition) is 3. The molecule has 0 saturated heterocycles. The highest BCUT2D eigenvalue weighted by Gasteiger charge is 2.01. The van der Waals surface area contributed by atoms with Crippen LogP contribution < -0.4 is 0 Å². The Morgan fingerprint density at radius 3 is 3.00 bits per heavy atom. The smallest absolute Gasteiger partial charge is 0.347 e. The molecule has 0 aromatic carbocycles. The van der Waals surface area contributed by atoms with Crippen molar-refractivity contribution in [2.24, 2.45) is 0 Å². The number of thiazole rings is 1. The molecule has 1 rings (SSSR count). The Bertz CT molecular complexity index is 182. The standard InChI is InChI=1S/C4H2NO2S/c6-4(7)3-1-5-2-8-3/h1H,(H,6,7). The predicted molar refractivity (Wildman–Crippen MR) is 27.9 cm³/mol. The topological polar surface area (TPSA) is 50.2 Å². The molecular formula is C4H2NO2S. The number of rotatable bonds is 1. The minimum atomic E-state index is -0.941. The number of carboxylic acids is 1. The van der Waals surface area contributed by atoms with Crippen molar-refractivity contribution >= 4 is 17.3 Å². The van der Waals surface area contributed by atoms with Gasteiger partial charge >= 0.3 is 5.97 Å². The third-order valence-electron chi connectivity index (χ3n) is 0.601. The summed E-state index contributed by atoms with van der Waals surface area (Å²) in [6.07, 6.45) is 1.27. The summed E-state index contributed by atoms with van der Waals surface area (Å²) in [5, 5.41) is 8.22. The van der Waals surface area contributed by atoms with Crippen molar-refractivity contribution in [1.82, 2.24) is 4.98 Å². The molecule has 0 saturated carbocycles. The molecule has 1 heterocycles. The van der Waals surface area contributed by atoms with Crippen molar-refractivity contribution in [3.05, 3.63) is 16.6 Å². The number of carboxylic acid groups (broad SMARTS) is 1. The summed E-state index contributed by atoms with van der Waals surface area (Å²) in [4.78, 5) is 13.7. The van der Waals surface area contributed by atoms with E-state index in [2.05, 4.69) is 10.5 Å². The Morgan fingerprint density at radius 2 is 2.75 bits per heavy atom. The van der Waals surface area contributed by atoms with Gasteiger partial charge in [0.25, 0.3) is 0 Å². The maximum Gasteiger partial charge on any atom is 0.347 e. The lowest BCUT2D eigenvalue weighted by atomic mass is 10.6. The molecule has 41 valence electrons. The Balaban J connectivity index is 2.93. The Morgan fingerprint density at radius 1 is 2.00 bits per heavy atom. The van der Waals surface area contributed by atoms with Gasteiger partial charge in [0.2, 0.25) is 0 Å². The Labute approximate surface area is 49.6 Å². The van der Waals surface area contributed by atoms with Crippen LogP contribution in [0.1, 0.15) is 9.67 Å². The van der Waals surface area contributed by atoms with E-state index >= 15 is 0 Å². The molecule has 1 aromatic heterocycles. The van der Waals surface area contributed by atoms with Gasteiger partial charge < -0.3 is 5.11 Å². The van der Waals surface area contributed by atoms with Gasteiger partial charge in [-0.25, -0.2) is 9.78 Å². The lowest BCUT2D eigenvalue weighted by molar-refractivity contribution is 0.0702. The van der Waals surface area contributed by atoms with Crippen LogP contribution in [-0.2, 0) is 0 Å². The summed E-state index contributed by atoms with van der Waals surface area (Å²) in [5.74, 6) is -0.941. The molecule has 0 fully saturated rings. The largest absolute Gasteiger partial charge is 0.477 e. The molecule has 0 aliphatic carbocycles. The van der Waals surface area contributed by atoms with Crippen LogP contribution in [-0.4, -0.2) is 16.1 Å². The number of hydrogen-bond donors (Lipinski definition) is 1. The summed E-state index contributed by atoms with van der Waals surface area (Å²) < 4.78 is 0. The van der Waals surface area contributed by atoms with Gasteiger partial charge in [0.05, 0.1) is 6.20 Å². The van der Waals surface area contributed by atoms with Crippen molar-refractivity contribution in [2.75, 3.05) is 0 Å². The summed E-state index contributed by atoms with van der Waals surface area (Å²) in [6.45, 7) is 0.